The van der Waals surface area contributed by atoms with Crippen LogP contribution in [0, 0.1) is 13.3 Å². The van der Waals surface area contributed by atoms with Crippen molar-refractivity contribution in [3.63, 3.8) is 0 Å². The van der Waals surface area contributed by atoms with Crippen molar-refractivity contribution in [1.82, 2.24) is 0 Å². The molecule has 0 saturated carbocycles. The van der Waals surface area contributed by atoms with Crippen LogP contribution in [0.4, 0.5) is 0 Å². The van der Waals surface area contributed by atoms with Gasteiger partial charge in [-0.1, -0.05) is 214 Å². The van der Waals surface area contributed by atoms with Gasteiger partial charge in [0, 0.05) is 73.7 Å². The number of hydrogen-bond donors (Lipinski definition) is 0. The summed E-state index contributed by atoms with van der Waals surface area (Å²) in [7, 11) is -4.41. The van der Waals surface area contributed by atoms with Crippen LogP contribution >= 0.6 is 40.0 Å². The van der Waals surface area contributed by atoms with Crippen molar-refractivity contribution < 1.29 is 56.7 Å². The van der Waals surface area contributed by atoms with Crippen LogP contribution in [0.15, 0.2) is 105 Å². The van der Waals surface area contributed by atoms with Gasteiger partial charge in [0.15, 0.2) is 0 Å². The molecule has 7 rings (SSSR count). The van der Waals surface area contributed by atoms with E-state index in [1.165, 1.54) is 11.1 Å². The van der Waals surface area contributed by atoms with Gasteiger partial charge in [-0.05, 0) is 138 Å². The Kier molecular flexibility index (Phi) is 22.5. The average molecular weight is 1290 g/mol. The van der Waals surface area contributed by atoms with Crippen molar-refractivity contribution in [2.75, 3.05) is 0 Å². The first-order valence-corrected chi connectivity index (χ1v) is 30.8. The minimum absolute atomic E-state index is 0. The fraction of sp³-hybridized carbons (Fsp3) is 0.457. The van der Waals surface area contributed by atoms with Crippen molar-refractivity contribution in [2.45, 2.75) is 209 Å². The SMILES string of the molecule is CC(C)(C)c1cc(-c2cc(C(C)(C)C)cc(C(C)(C)C)c2Op2oc3c(C(C)(C)C)cc(C(C)(C)C)cc3c3cc(C(C)(C)C)cc(C(C)(C)C)c3o2)c(OP(Oc2ccc(Cl)cc2)Oc2ccc(Cl)cc2)c(C(C)(C)C)c1.[C-]#[O+].[C-]#[O+].[H-].[Rh]. The predicted molar refractivity (Wildman–Crippen MR) is 345 cm³/mol. The van der Waals surface area contributed by atoms with E-state index in [1.54, 1.807) is 24.3 Å². The molecule has 0 fully saturated rings. The zero-order valence-electron chi connectivity index (χ0n) is 54.5. The summed E-state index contributed by atoms with van der Waals surface area (Å²) < 4.78 is 58.8. The molecule has 0 aliphatic rings. The molecule has 451 valence electrons. The molecule has 7 aromatic rings. The molecule has 0 amide bonds. The van der Waals surface area contributed by atoms with Crippen molar-refractivity contribution in [3.8, 4) is 34.1 Å². The minimum Gasteiger partial charge on any atom is -1.00 e. The Hall–Kier alpha value is -4.47. The van der Waals surface area contributed by atoms with Crippen LogP contribution in [0.5, 0.6) is 23.0 Å². The molecule has 0 unspecified atom stereocenters. The van der Waals surface area contributed by atoms with Gasteiger partial charge in [-0.15, -0.1) is 0 Å². The smallest absolute Gasteiger partial charge is 0 e. The fourth-order valence-corrected chi connectivity index (χ4v) is 11.7. The summed E-state index contributed by atoms with van der Waals surface area (Å²) >= 11 is 12.8. The Balaban J connectivity index is 0.00000302. The third-order valence-corrected chi connectivity index (χ3v) is 16.8. The molecule has 0 bridgehead atoms. The average Bonchev–Trinajstić information content (AvgIpc) is 3.74. The van der Waals surface area contributed by atoms with Crippen LogP contribution in [0.2, 0.25) is 10.0 Å². The monoisotopic (exact) mass is 1290 g/mol. The van der Waals surface area contributed by atoms with Gasteiger partial charge in [0.2, 0.25) is 0 Å². The summed E-state index contributed by atoms with van der Waals surface area (Å²) in [5.74, 6) is 2.34. The molecule has 0 N–H and O–H groups in total. The molecule has 6 aromatic carbocycles. The second kappa shape index (κ2) is 26.2. The Bertz CT molecular complexity index is 3350. The first-order valence-electron chi connectivity index (χ1n) is 27.9. The first-order chi connectivity index (χ1) is 37.5. The van der Waals surface area contributed by atoms with Crippen LogP contribution in [-0.2, 0) is 72.1 Å². The van der Waals surface area contributed by atoms with Crippen LogP contribution in [-0.4, -0.2) is 0 Å². The molecule has 0 aliphatic heterocycles. The number of rotatable bonds is 9. The number of hydrogen-bond acceptors (Lipinski definition) is 6. The van der Waals surface area contributed by atoms with Gasteiger partial charge < -0.3 is 27.9 Å². The van der Waals surface area contributed by atoms with E-state index >= 15 is 0 Å². The maximum atomic E-state index is 7.80. The van der Waals surface area contributed by atoms with E-state index in [0.29, 0.717) is 33.0 Å². The molecule has 0 atom stereocenters. The van der Waals surface area contributed by atoms with Crippen molar-refractivity contribution >= 4 is 62.0 Å². The molecule has 0 saturated heterocycles. The minimum atomic E-state index is -2.22. The van der Waals surface area contributed by atoms with Gasteiger partial charge in [0.25, 0.3) is 0 Å². The molecular formula is C70H89Cl2O8P2Rh-. The summed E-state index contributed by atoms with van der Waals surface area (Å²) in [5, 5.41) is 3.19. The number of benzene rings is 6. The van der Waals surface area contributed by atoms with Crippen LogP contribution in [0.1, 0.15) is 212 Å². The zero-order valence-corrected chi connectivity index (χ0v) is 58.4. The van der Waals surface area contributed by atoms with E-state index < -0.39 is 27.7 Å². The summed E-state index contributed by atoms with van der Waals surface area (Å²) in [5.41, 5.74) is 9.73. The Morgan fingerprint density at radius 2 is 0.663 bits per heavy atom. The molecule has 0 aliphatic carbocycles. The summed E-state index contributed by atoms with van der Waals surface area (Å²) in [6, 6.07) is 33.0. The summed E-state index contributed by atoms with van der Waals surface area (Å²) in [4.78, 5) is 0. The van der Waals surface area contributed by atoms with Crippen molar-refractivity contribution in [3.05, 3.63) is 165 Å². The summed E-state index contributed by atoms with van der Waals surface area (Å²) in [6.45, 7) is 63.2. The standard InChI is InChI=1S/C68H88Cl2O6P2.2CO.Rh.H/c1-61(2,3)41-33-49(57(53(37-41)65(13,14)15)73-77(71-47-29-25-45(69)26-30-47)72-48-31-27-46(70)28-32-48)50-34-42(62(4,5)6)38-54(66(16,17)18)58(50)74-78-75-59-51(35-43(63(7,8)9)39-55(59)67(19,20)21)52-36-44(64(10,11)12)40-56(60(52)76-78)68(22,23)24;2*1-2;;/h25-40H,1-24H3;;;;/q;;;;-1. The topological polar surface area (TPSA) is 103 Å². The van der Waals surface area contributed by atoms with Crippen molar-refractivity contribution in [1.29, 1.82) is 0 Å². The third kappa shape index (κ3) is 17.4. The molecule has 8 nitrogen and oxygen atoms in total. The third-order valence-electron chi connectivity index (χ3n) is 14.3. The van der Waals surface area contributed by atoms with Gasteiger partial charge in [0.1, 0.15) is 34.2 Å². The number of fused-ring (bicyclic) bond motifs is 3. The first kappa shape index (κ1) is 71.0. The van der Waals surface area contributed by atoms with Gasteiger partial charge >= 0.3 is 39.4 Å². The van der Waals surface area contributed by atoms with Crippen LogP contribution in [0.25, 0.3) is 33.1 Å². The van der Waals surface area contributed by atoms with Crippen LogP contribution in [0.3, 0.4) is 0 Å². The molecule has 1 aromatic heterocycles. The quantitative estimate of drug-likeness (QED) is 0.0617. The van der Waals surface area contributed by atoms with E-state index in [4.69, 9.17) is 59.0 Å². The maximum absolute atomic E-state index is 7.80. The largest absolute Gasteiger partial charge is 1.00 e. The molecular weight excluding hydrogens is 1200 g/mol. The van der Waals surface area contributed by atoms with E-state index in [9.17, 15) is 0 Å². The second-order valence-corrected chi connectivity index (χ2v) is 32.4. The molecule has 1 radical (unpaired) electrons. The molecule has 1 heterocycles. The Morgan fingerprint density at radius 1 is 0.386 bits per heavy atom. The van der Waals surface area contributed by atoms with Gasteiger partial charge in [-0.25, -0.2) is 0 Å². The van der Waals surface area contributed by atoms with E-state index in [1.807, 2.05) is 24.3 Å². The normalized spacial score (nSPS) is 12.6. The Labute approximate surface area is 523 Å². The van der Waals surface area contributed by atoms with Crippen molar-refractivity contribution in [2.24, 2.45) is 0 Å². The fourth-order valence-electron chi connectivity index (χ4n) is 9.24. The zero-order chi connectivity index (χ0) is 62.3. The number of halogens is 2. The molecule has 83 heavy (non-hydrogen) atoms. The van der Waals surface area contributed by atoms with E-state index in [0.717, 1.165) is 66.4 Å². The summed E-state index contributed by atoms with van der Waals surface area (Å²) in [6.07, 6.45) is 0. The van der Waals surface area contributed by atoms with E-state index in [-0.39, 0.29) is 53.4 Å². The van der Waals surface area contributed by atoms with E-state index in [2.05, 4.69) is 228 Å². The predicted octanol–water partition coefficient (Wildman–Crippen LogP) is 23.3. The second-order valence-electron chi connectivity index (χ2n) is 29.5. The van der Waals surface area contributed by atoms with Gasteiger partial charge in [-0.2, -0.15) is 0 Å². The maximum Gasteiger partial charge on any atom is 0 e. The Morgan fingerprint density at radius 3 is 0.964 bits per heavy atom. The molecule has 13 heteroatoms. The van der Waals surface area contributed by atoms with Gasteiger partial charge in [-0.3, -0.25) is 0 Å². The van der Waals surface area contributed by atoms with Crippen LogP contribution < -0.4 is 18.1 Å². The molecule has 0 spiro atoms. The van der Waals surface area contributed by atoms with Gasteiger partial charge in [0.05, 0.1) is 0 Å².